The van der Waals surface area contributed by atoms with Crippen molar-refractivity contribution in [3.8, 4) is 11.5 Å². The van der Waals surface area contributed by atoms with Crippen molar-refractivity contribution in [2.45, 2.75) is 32.5 Å². The van der Waals surface area contributed by atoms with Crippen LogP contribution in [0.2, 0.25) is 19.6 Å². The van der Waals surface area contributed by atoms with Crippen molar-refractivity contribution in [1.29, 1.82) is 0 Å². The van der Waals surface area contributed by atoms with Gasteiger partial charge in [0.1, 0.15) is 14.9 Å². The minimum atomic E-state index is -1.19. The number of hydrogen-bond donors (Lipinski definition) is 0. The third-order valence-electron chi connectivity index (χ3n) is 1.65. The fourth-order valence-corrected chi connectivity index (χ4v) is 1.56. The summed E-state index contributed by atoms with van der Waals surface area (Å²) in [6.07, 6.45) is 1.90. The molecular weight excluding hydrogens is 220 g/mol. The topological polar surface area (TPSA) is 27.7 Å². The molecule has 0 aliphatic heterocycles. The van der Waals surface area contributed by atoms with Crippen molar-refractivity contribution in [3.63, 3.8) is 0 Å². The van der Waals surface area contributed by atoms with E-state index in [1.807, 2.05) is 0 Å². The largest absolute Gasteiger partial charge is 0.382 e. The zero-order valence-corrected chi connectivity index (χ0v) is 12.0. The van der Waals surface area contributed by atoms with Crippen LogP contribution in [0.5, 0.6) is 0 Å². The van der Waals surface area contributed by atoms with Crippen molar-refractivity contribution < 1.29 is 14.2 Å². The molecule has 94 valence electrons. The Morgan fingerprint density at radius 1 is 1.00 bits per heavy atom. The zero-order valence-electron chi connectivity index (χ0n) is 11.0. The van der Waals surface area contributed by atoms with Gasteiger partial charge in [-0.15, -0.1) is 11.5 Å². The van der Waals surface area contributed by atoms with Crippen LogP contribution in [0.15, 0.2) is 0 Å². The van der Waals surface area contributed by atoms with Gasteiger partial charge in [-0.05, 0) is 6.42 Å². The number of ether oxygens (including phenoxy) is 3. The standard InChI is InChI=1S/C12H24O3Si/c1-13-9-10-15-12-14-8-6-5-7-11-16(2,3)4/h5-6,8-10,12H2,1-4H3. The molecule has 0 aliphatic carbocycles. The van der Waals surface area contributed by atoms with Crippen molar-refractivity contribution in [1.82, 2.24) is 0 Å². The summed E-state index contributed by atoms with van der Waals surface area (Å²) < 4.78 is 15.3. The molecule has 0 aromatic rings. The van der Waals surface area contributed by atoms with Crippen molar-refractivity contribution >= 4 is 8.07 Å². The first kappa shape index (κ1) is 15.7. The lowest BCUT2D eigenvalue weighted by Crippen LogP contribution is -2.16. The van der Waals surface area contributed by atoms with E-state index in [4.69, 9.17) is 14.2 Å². The predicted octanol–water partition coefficient (Wildman–Crippen LogP) is 2.28. The van der Waals surface area contributed by atoms with Gasteiger partial charge in [0, 0.05) is 13.5 Å². The van der Waals surface area contributed by atoms with Crippen LogP contribution in [0.1, 0.15) is 12.8 Å². The van der Waals surface area contributed by atoms with E-state index in [1.54, 1.807) is 7.11 Å². The van der Waals surface area contributed by atoms with Gasteiger partial charge in [-0.2, -0.15) is 0 Å². The predicted molar refractivity (Wildman–Crippen MR) is 69.0 cm³/mol. The maximum atomic E-state index is 5.28. The summed E-state index contributed by atoms with van der Waals surface area (Å²) in [5.74, 6) is 3.21. The van der Waals surface area contributed by atoms with Gasteiger partial charge in [-0.3, -0.25) is 0 Å². The van der Waals surface area contributed by atoms with E-state index in [1.165, 1.54) is 0 Å². The van der Waals surface area contributed by atoms with Crippen molar-refractivity contribution in [2.75, 3.05) is 33.7 Å². The fraction of sp³-hybridized carbons (Fsp3) is 0.833. The molecular formula is C12H24O3Si. The molecule has 0 aliphatic rings. The van der Waals surface area contributed by atoms with Crippen LogP contribution in [0, 0.1) is 11.5 Å². The summed E-state index contributed by atoms with van der Waals surface area (Å²) in [7, 11) is 0.466. The van der Waals surface area contributed by atoms with Crippen LogP contribution in [0.3, 0.4) is 0 Å². The second kappa shape index (κ2) is 9.85. The van der Waals surface area contributed by atoms with Crippen LogP contribution >= 0.6 is 0 Å². The van der Waals surface area contributed by atoms with Gasteiger partial charge in [0.05, 0.1) is 19.8 Å². The van der Waals surface area contributed by atoms with E-state index in [9.17, 15) is 0 Å². The molecule has 0 radical (unpaired) electrons. The zero-order chi connectivity index (χ0) is 12.3. The molecule has 4 heteroatoms. The lowest BCUT2D eigenvalue weighted by Gasteiger charge is -2.04. The second-order valence-corrected chi connectivity index (χ2v) is 9.33. The highest BCUT2D eigenvalue weighted by Gasteiger charge is 2.06. The van der Waals surface area contributed by atoms with Crippen molar-refractivity contribution in [2.24, 2.45) is 0 Å². The minimum Gasteiger partial charge on any atom is -0.382 e. The Balaban J connectivity index is 3.18. The first-order valence-corrected chi connectivity index (χ1v) is 9.21. The highest BCUT2D eigenvalue weighted by molar-refractivity contribution is 6.83. The summed E-state index contributed by atoms with van der Waals surface area (Å²) in [6.45, 7) is 9.02. The van der Waals surface area contributed by atoms with Gasteiger partial charge in [0.15, 0.2) is 0 Å². The van der Waals surface area contributed by atoms with Gasteiger partial charge in [0.25, 0.3) is 0 Å². The molecule has 0 spiro atoms. The average Bonchev–Trinajstić information content (AvgIpc) is 2.19. The quantitative estimate of drug-likeness (QED) is 0.284. The number of methoxy groups -OCH3 is 1. The SMILES string of the molecule is COCCOCOCCCC#C[Si](C)(C)C. The maximum Gasteiger partial charge on any atom is 0.146 e. The third kappa shape index (κ3) is 13.7. The fourth-order valence-electron chi connectivity index (χ4n) is 0.909. The van der Waals surface area contributed by atoms with E-state index in [0.29, 0.717) is 26.6 Å². The molecule has 0 saturated carbocycles. The highest BCUT2D eigenvalue weighted by atomic mass is 28.3. The van der Waals surface area contributed by atoms with Crippen LogP contribution in [0.25, 0.3) is 0 Å². The summed E-state index contributed by atoms with van der Waals surface area (Å²) >= 11 is 0. The van der Waals surface area contributed by atoms with Gasteiger partial charge in [-0.1, -0.05) is 19.6 Å². The summed E-state index contributed by atoms with van der Waals surface area (Å²) in [6, 6.07) is 0. The van der Waals surface area contributed by atoms with Crippen LogP contribution in [-0.4, -0.2) is 41.8 Å². The second-order valence-electron chi connectivity index (χ2n) is 4.58. The monoisotopic (exact) mass is 244 g/mol. The molecule has 0 unspecified atom stereocenters. The lowest BCUT2D eigenvalue weighted by molar-refractivity contribution is -0.0658. The molecule has 3 nitrogen and oxygen atoms in total. The summed E-state index contributed by atoms with van der Waals surface area (Å²) in [5.41, 5.74) is 3.33. The Kier molecular flexibility index (Phi) is 9.64. The molecule has 0 amide bonds. The lowest BCUT2D eigenvalue weighted by atomic mass is 10.3. The van der Waals surface area contributed by atoms with Gasteiger partial charge >= 0.3 is 0 Å². The van der Waals surface area contributed by atoms with E-state index < -0.39 is 8.07 Å². The first-order chi connectivity index (χ1) is 7.56. The molecule has 0 rings (SSSR count). The Labute approximate surface area is 100 Å². The molecule has 0 atom stereocenters. The molecule has 0 bridgehead atoms. The molecule has 0 N–H and O–H groups in total. The van der Waals surface area contributed by atoms with Gasteiger partial charge in [0.2, 0.25) is 0 Å². The highest BCUT2D eigenvalue weighted by Crippen LogP contribution is 1.97. The van der Waals surface area contributed by atoms with Crippen molar-refractivity contribution in [3.05, 3.63) is 0 Å². The molecule has 0 aromatic heterocycles. The van der Waals surface area contributed by atoms with Crippen LogP contribution in [-0.2, 0) is 14.2 Å². The summed E-state index contributed by atoms with van der Waals surface area (Å²) in [4.78, 5) is 0. The van der Waals surface area contributed by atoms with E-state index in [2.05, 4.69) is 31.1 Å². The molecule has 0 fully saturated rings. The smallest absolute Gasteiger partial charge is 0.146 e. The van der Waals surface area contributed by atoms with Crippen LogP contribution < -0.4 is 0 Å². The Hall–Kier alpha value is -0.343. The normalized spacial score (nSPS) is 11.0. The van der Waals surface area contributed by atoms with E-state index in [-0.39, 0.29) is 0 Å². The minimum absolute atomic E-state index is 0.352. The van der Waals surface area contributed by atoms with Gasteiger partial charge in [-0.25, -0.2) is 0 Å². The first-order valence-electron chi connectivity index (χ1n) is 5.71. The number of hydrogen-bond acceptors (Lipinski definition) is 3. The summed E-state index contributed by atoms with van der Waals surface area (Å²) in [5, 5.41) is 0. The average molecular weight is 244 g/mol. The number of unbranched alkanes of at least 4 members (excludes halogenated alkanes) is 1. The van der Waals surface area contributed by atoms with E-state index >= 15 is 0 Å². The molecule has 0 aromatic carbocycles. The Morgan fingerprint density at radius 3 is 2.31 bits per heavy atom. The third-order valence-corrected chi connectivity index (χ3v) is 2.58. The van der Waals surface area contributed by atoms with Gasteiger partial charge < -0.3 is 14.2 Å². The molecule has 16 heavy (non-hydrogen) atoms. The molecule has 0 heterocycles. The van der Waals surface area contributed by atoms with E-state index in [0.717, 1.165) is 12.8 Å². The molecule has 0 saturated heterocycles. The van der Waals surface area contributed by atoms with Crippen LogP contribution in [0.4, 0.5) is 0 Å². The Morgan fingerprint density at radius 2 is 1.69 bits per heavy atom. The maximum absolute atomic E-state index is 5.28. The number of rotatable bonds is 8. The Bertz CT molecular complexity index is 213.